The van der Waals surface area contributed by atoms with Crippen molar-refractivity contribution in [2.45, 2.75) is 44.0 Å². The Hall–Kier alpha value is -2.34. The first-order chi connectivity index (χ1) is 11.1. The molecule has 0 bridgehead atoms. The van der Waals surface area contributed by atoms with E-state index in [1.54, 1.807) is 0 Å². The third-order valence-electron chi connectivity index (χ3n) is 5.59. The summed E-state index contributed by atoms with van der Waals surface area (Å²) in [7, 11) is 0. The SMILES string of the molecule is CC1(C)N2c3cn[nH]c3CC3N2C31C(=O)OCc1ccccc1. The lowest BCUT2D eigenvalue weighted by Crippen LogP contribution is -2.72. The van der Waals surface area contributed by atoms with Crippen molar-refractivity contribution in [1.29, 1.82) is 0 Å². The summed E-state index contributed by atoms with van der Waals surface area (Å²) < 4.78 is 5.66. The second-order valence-corrected chi connectivity index (χ2v) is 7.00. The highest BCUT2D eigenvalue weighted by Gasteiger charge is 2.89. The normalized spacial score (nSPS) is 31.7. The number of benzene rings is 1. The first-order valence-electron chi connectivity index (χ1n) is 7.91. The number of hydrogen-bond acceptors (Lipinski definition) is 5. The number of anilines is 1. The monoisotopic (exact) mass is 310 g/mol. The highest BCUT2D eigenvalue weighted by Crippen LogP contribution is 2.68. The Balaban J connectivity index is 1.40. The van der Waals surface area contributed by atoms with Crippen molar-refractivity contribution in [3.05, 3.63) is 47.8 Å². The number of rotatable bonds is 3. The molecule has 6 nitrogen and oxygen atoms in total. The number of fused-ring (bicyclic) bond motifs is 3. The molecule has 3 atom stereocenters. The van der Waals surface area contributed by atoms with Gasteiger partial charge in [-0.25, -0.2) is 4.79 Å². The molecule has 23 heavy (non-hydrogen) atoms. The number of nitrogens with zero attached hydrogens (tertiary/aromatic N) is 3. The van der Waals surface area contributed by atoms with E-state index in [1.165, 1.54) is 0 Å². The van der Waals surface area contributed by atoms with Crippen LogP contribution < -0.4 is 5.01 Å². The molecule has 4 heterocycles. The molecule has 1 aromatic heterocycles. The van der Waals surface area contributed by atoms with Crippen molar-refractivity contribution in [1.82, 2.24) is 15.2 Å². The summed E-state index contributed by atoms with van der Waals surface area (Å²) in [5.74, 6) is -0.120. The maximum atomic E-state index is 12.9. The average Bonchev–Trinajstić information content (AvgIpc) is 2.96. The largest absolute Gasteiger partial charge is 0.459 e. The van der Waals surface area contributed by atoms with Gasteiger partial charge in [0.15, 0.2) is 5.54 Å². The van der Waals surface area contributed by atoms with Gasteiger partial charge in [0.25, 0.3) is 0 Å². The average molecular weight is 310 g/mol. The lowest BCUT2D eigenvalue weighted by Gasteiger charge is -2.53. The van der Waals surface area contributed by atoms with Crippen molar-refractivity contribution < 1.29 is 9.53 Å². The summed E-state index contributed by atoms with van der Waals surface area (Å²) in [6.45, 7) is 4.54. The maximum absolute atomic E-state index is 12.9. The van der Waals surface area contributed by atoms with Crippen LogP contribution in [0.3, 0.4) is 0 Å². The number of carbonyl (C=O) groups is 1. The molecule has 5 rings (SSSR count). The van der Waals surface area contributed by atoms with E-state index in [9.17, 15) is 4.79 Å². The molecule has 0 saturated carbocycles. The third-order valence-corrected chi connectivity index (χ3v) is 5.59. The molecule has 0 aliphatic carbocycles. The molecular formula is C17H18N4O2. The smallest absolute Gasteiger partial charge is 0.333 e. The van der Waals surface area contributed by atoms with E-state index >= 15 is 0 Å². The van der Waals surface area contributed by atoms with Crippen LogP contribution in [-0.2, 0) is 22.6 Å². The molecule has 3 aliphatic rings. The third kappa shape index (κ3) is 1.34. The summed E-state index contributed by atoms with van der Waals surface area (Å²) in [6, 6.07) is 9.99. The van der Waals surface area contributed by atoms with Crippen LogP contribution in [0.5, 0.6) is 0 Å². The van der Waals surface area contributed by atoms with Crippen LogP contribution in [0.2, 0.25) is 0 Å². The lowest BCUT2D eigenvalue weighted by atomic mass is 9.81. The molecule has 2 aromatic rings. The lowest BCUT2D eigenvalue weighted by molar-refractivity contribution is -0.156. The minimum atomic E-state index is -0.526. The maximum Gasteiger partial charge on any atom is 0.333 e. The Morgan fingerprint density at radius 2 is 2.17 bits per heavy atom. The molecular weight excluding hydrogens is 292 g/mol. The van der Waals surface area contributed by atoms with Gasteiger partial charge in [0.05, 0.1) is 29.2 Å². The van der Waals surface area contributed by atoms with Crippen molar-refractivity contribution in [3.8, 4) is 0 Å². The molecule has 0 amide bonds. The summed E-state index contributed by atoms with van der Waals surface area (Å²) in [5, 5.41) is 11.5. The fourth-order valence-corrected chi connectivity index (χ4v) is 4.50. The van der Waals surface area contributed by atoms with Gasteiger partial charge in [0, 0.05) is 6.42 Å². The van der Waals surface area contributed by atoms with Crippen LogP contribution >= 0.6 is 0 Å². The number of hydrogen-bond donors (Lipinski definition) is 1. The van der Waals surface area contributed by atoms with E-state index in [-0.39, 0.29) is 17.6 Å². The summed E-state index contributed by atoms with van der Waals surface area (Å²) in [4.78, 5) is 12.9. The van der Waals surface area contributed by atoms with Gasteiger partial charge >= 0.3 is 5.97 Å². The number of carbonyl (C=O) groups excluding carboxylic acids is 1. The number of aromatic amines is 1. The van der Waals surface area contributed by atoms with Crippen molar-refractivity contribution in [2.24, 2.45) is 0 Å². The first kappa shape index (κ1) is 13.1. The van der Waals surface area contributed by atoms with E-state index in [4.69, 9.17) is 4.74 Å². The fraction of sp³-hybridized carbons (Fsp3) is 0.412. The quantitative estimate of drug-likeness (QED) is 0.690. The van der Waals surface area contributed by atoms with Gasteiger partial charge in [0.1, 0.15) is 6.61 Å². The van der Waals surface area contributed by atoms with Gasteiger partial charge in [0.2, 0.25) is 0 Å². The van der Waals surface area contributed by atoms with E-state index in [0.29, 0.717) is 6.61 Å². The molecule has 3 aliphatic heterocycles. The number of H-pyrrole nitrogens is 1. The van der Waals surface area contributed by atoms with Gasteiger partial charge in [-0.2, -0.15) is 10.1 Å². The number of esters is 1. The molecule has 118 valence electrons. The van der Waals surface area contributed by atoms with Gasteiger partial charge in [-0.05, 0) is 19.4 Å². The zero-order chi connectivity index (χ0) is 15.8. The highest BCUT2D eigenvalue weighted by molar-refractivity contribution is 5.94. The summed E-state index contributed by atoms with van der Waals surface area (Å²) >= 11 is 0. The van der Waals surface area contributed by atoms with E-state index in [2.05, 4.69) is 34.1 Å². The molecule has 1 N–H and O–H groups in total. The van der Waals surface area contributed by atoms with Gasteiger partial charge in [-0.1, -0.05) is 30.3 Å². The minimum Gasteiger partial charge on any atom is -0.459 e. The zero-order valence-electron chi connectivity index (χ0n) is 13.1. The highest BCUT2D eigenvalue weighted by atomic mass is 16.5. The zero-order valence-corrected chi connectivity index (χ0v) is 13.1. The predicted octanol–water partition coefficient (Wildman–Crippen LogP) is 1.65. The van der Waals surface area contributed by atoms with Crippen molar-refractivity contribution in [2.75, 3.05) is 5.01 Å². The summed E-state index contributed by atoms with van der Waals surface area (Å²) in [5.41, 5.74) is 2.38. The topological polar surface area (TPSA) is 61.2 Å². The van der Waals surface area contributed by atoms with E-state index in [0.717, 1.165) is 23.4 Å². The van der Waals surface area contributed by atoms with Crippen LogP contribution in [-0.4, -0.2) is 38.3 Å². The van der Waals surface area contributed by atoms with Gasteiger partial charge in [-0.15, -0.1) is 0 Å². The van der Waals surface area contributed by atoms with Crippen LogP contribution in [0.25, 0.3) is 0 Å². The van der Waals surface area contributed by atoms with Gasteiger partial charge < -0.3 is 4.74 Å². The molecule has 0 radical (unpaired) electrons. The molecule has 3 unspecified atom stereocenters. The molecule has 0 spiro atoms. The second-order valence-electron chi connectivity index (χ2n) is 7.00. The summed E-state index contributed by atoms with van der Waals surface area (Å²) in [6.07, 6.45) is 2.65. The van der Waals surface area contributed by atoms with Crippen LogP contribution in [0.15, 0.2) is 36.5 Å². The second kappa shape index (κ2) is 3.94. The van der Waals surface area contributed by atoms with E-state index in [1.807, 2.05) is 36.5 Å². The molecule has 2 saturated heterocycles. The standard InChI is InChI=1S/C17H18N4O2/c1-16(2)17(15(22)23-10-11-6-4-3-5-7-11)14-8-12-13(9-18-19-12)20(16)21(14)17/h3-7,9,14H,8,10H2,1-2H3,(H,18,19). The molecule has 2 fully saturated rings. The number of nitrogens with one attached hydrogen (secondary N) is 1. The Morgan fingerprint density at radius 1 is 1.39 bits per heavy atom. The number of hydrazine groups is 1. The number of ether oxygens (including phenoxy) is 1. The van der Waals surface area contributed by atoms with E-state index < -0.39 is 5.54 Å². The predicted molar refractivity (Wildman–Crippen MR) is 83.4 cm³/mol. The van der Waals surface area contributed by atoms with Crippen molar-refractivity contribution >= 4 is 11.7 Å². The Morgan fingerprint density at radius 3 is 2.96 bits per heavy atom. The van der Waals surface area contributed by atoms with Crippen LogP contribution in [0.1, 0.15) is 25.1 Å². The van der Waals surface area contributed by atoms with Gasteiger partial charge in [-0.3, -0.25) is 10.1 Å². The molecule has 1 aromatic carbocycles. The molecule has 6 heteroatoms. The van der Waals surface area contributed by atoms with Crippen LogP contribution in [0, 0.1) is 0 Å². The number of aromatic nitrogens is 2. The minimum absolute atomic E-state index is 0.120. The Kier molecular flexibility index (Phi) is 2.25. The van der Waals surface area contributed by atoms with Crippen LogP contribution in [0.4, 0.5) is 5.69 Å². The Labute approximate surface area is 134 Å². The Bertz CT molecular complexity index is 794. The first-order valence-corrected chi connectivity index (χ1v) is 7.91. The fourth-order valence-electron chi connectivity index (χ4n) is 4.50. The van der Waals surface area contributed by atoms with Crippen molar-refractivity contribution in [3.63, 3.8) is 0 Å².